The van der Waals surface area contributed by atoms with Crippen LogP contribution in [0.2, 0.25) is 0 Å². The van der Waals surface area contributed by atoms with Crippen molar-refractivity contribution in [2.45, 2.75) is 44.7 Å². The molecule has 2 fully saturated rings. The van der Waals surface area contributed by atoms with Crippen LogP contribution in [0.4, 0.5) is 34.5 Å². The van der Waals surface area contributed by atoms with E-state index < -0.39 is 10.0 Å². The Balaban J connectivity index is 1.19. The lowest BCUT2D eigenvalue weighted by atomic mass is 10.0. The number of ether oxygens (including phenoxy) is 2. The first-order valence-corrected chi connectivity index (χ1v) is 18.7. The monoisotopic (exact) mass is 728 g/mol. The molecule has 1 unspecified atom stereocenters. The molecule has 12 nitrogen and oxygen atoms in total. The Labute approximate surface area is 286 Å². The van der Waals surface area contributed by atoms with Crippen LogP contribution < -0.4 is 29.3 Å². The fourth-order valence-corrected chi connectivity index (χ4v) is 7.59. The van der Waals surface area contributed by atoms with Gasteiger partial charge in [-0.05, 0) is 79.5 Å². The van der Waals surface area contributed by atoms with Gasteiger partial charge in [0, 0.05) is 75.7 Å². The third-order valence-corrected chi connectivity index (χ3v) is 11.4. The number of halogens is 1. The van der Waals surface area contributed by atoms with Gasteiger partial charge in [0.05, 0.1) is 41.5 Å². The summed E-state index contributed by atoms with van der Waals surface area (Å²) in [5, 5.41) is 6.65. The summed E-state index contributed by atoms with van der Waals surface area (Å²) in [7, 11) is 4.08. The summed E-state index contributed by atoms with van der Waals surface area (Å²) in [6.07, 6.45) is 7.12. The Bertz CT molecular complexity index is 1730. The van der Waals surface area contributed by atoms with Crippen LogP contribution in [-0.2, 0) is 16.4 Å². The van der Waals surface area contributed by atoms with Crippen molar-refractivity contribution in [3.05, 3.63) is 46.1 Å². The van der Waals surface area contributed by atoms with E-state index in [9.17, 15) is 8.42 Å². The van der Waals surface area contributed by atoms with Gasteiger partial charge < -0.3 is 29.9 Å². The number of fused-ring (bicyclic) bond motifs is 1. The average Bonchev–Trinajstić information content (AvgIpc) is 3.72. The number of hydrogen-bond donors (Lipinski definition) is 2. The zero-order chi connectivity index (χ0) is 33.5. The zero-order valence-corrected chi connectivity index (χ0v) is 30.4. The highest BCUT2D eigenvalue weighted by Crippen LogP contribution is 2.40. The van der Waals surface area contributed by atoms with Crippen LogP contribution in [0.3, 0.4) is 0 Å². The number of likely N-dealkylation sites (N-methyl/N-ethyl adjacent to an activating group) is 1. The smallest absolute Gasteiger partial charge is 0.232 e. The number of nitrogens with zero attached hydrogens (tertiary/aromatic N) is 6. The minimum atomic E-state index is -3.51. The van der Waals surface area contributed by atoms with Crippen molar-refractivity contribution in [2.24, 2.45) is 0 Å². The predicted molar refractivity (Wildman–Crippen MR) is 192 cm³/mol. The molecule has 0 saturated carbocycles. The summed E-state index contributed by atoms with van der Waals surface area (Å²) in [5.41, 5.74) is 5.10. The van der Waals surface area contributed by atoms with Gasteiger partial charge in [0.2, 0.25) is 16.0 Å². The Morgan fingerprint density at radius 3 is 2.49 bits per heavy atom. The molecule has 14 heteroatoms. The van der Waals surface area contributed by atoms with Crippen LogP contribution in [0, 0.1) is 6.92 Å². The lowest BCUT2D eigenvalue weighted by molar-refractivity contribution is 0.189. The van der Waals surface area contributed by atoms with Crippen LogP contribution in [-0.4, -0.2) is 108 Å². The summed E-state index contributed by atoms with van der Waals surface area (Å²) in [4.78, 5) is 16.8. The van der Waals surface area contributed by atoms with E-state index in [0.717, 1.165) is 54.9 Å². The molecule has 2 saturated heterocycles. The van der Waals surface area contributed by atoms with E-state index in [1.54, 1.807) is 13.3 Å². The van der Waals surface area contributed by atoms with Crippen molar-refractivity contribution in [1.82, 2.24) is 19.8 Å². The Kier molecular flexibility index (Phi) is 9.75. The summed E-state index contributed by atoms with van der Waals surface area (Å²) in [6, 6.07) is 9.16. The van der Waals surface area contributed by atoms with Gasteiger partial charge in [-0.2, -0.15) is 4.98 Å². The number of piperidine rings is 1. The van der Waals surface area contributed by atoms with E-state index in [1.807, 2.05) is 12.1 Å². The zero-order valence-electron chi connectivity index (χ0n) is 28.0. The molecule has 6 rings (SSSR count). The number of aryl methyl sites for hydroxylation is 1. The number of likely N-dealkylation sites (tertiary alicyclic amines) is 1. The highest BCUT2D eigenvalue weighted by atomic mass is 79.9. The number of rotatable bonds is 10. The normalized spacial score (nSPS) is 18.7. The Morgan fingerprint density at radius 2 is 1.81 bits per heavy atom. The largest absolute Gasteiger partial charge is 0.494 e. The van der Waals surface area contributed by atoms with Gasteiger partial charge in [0.1, 0.15) is 17.3 Å². The first-order valence-electron chi connectivity index (χ1n) is 16.1. The van der Waals surface area contributed by atoms with Crippen molar-refractivity contribution in [3.8, 4) is 11.5 Å². The summed E-state index contributed by atoms with van der Waals surface area (Å²) < 4.78 is 38.4. The molecule has 0 amide bonds. The molecule has 2 N–H and O–H groups in total. The molecular formula is C33H45BrN8O4S. The van der Waals surface area contributed by atoms with E-state index in [1.165, 1.54) is 42.8 Å². The number of nitrogens with one attached hydrogen (secondary N) is 2. The van der Waals surface area contributed by atoms with Crippen LogP contribution in [0.1, 0.15) is 30.4 Å². The molecule has 3 aromatic rings. The average molecular weight is 730 g/mol. The lowest BCUT2D eigenvalue weighted by Crippen LogP contribution is -2.45. The molecular weight excluding hydrogens is 684 g/mol. The predicted octanol–water partition coefficient (Wildman–Crippen LogP) is 4.98. The van der Waals surface area contributed by atoms with Gasteiger partial charge in [-0.3, -0.25) is 9.21 Å². The van der Waals surface area contributed by atoms with E-state index in [4.69, 9.17) is 14.5 Å². The van der Waals surface area contributed by atoms with E-state index in [0.29, 0.717) is 52.1 Å². The first-order chi connectivity index (χ1) is 22.4. The SMILES string of the molecule is COc1cc(N2CCC(N3CCC(N(C)C)C3)CC2)c(C)cc1Nc1ncc(Br)c(Nc2cc3c(cc2N(C)S(C)(=O)=O)CCO3)n1. The Hall–Kier alpha value is -3.33. The molecule has 0 spiro atoms. The van der Waals surface area contributed by atoms with Crippen molar-refractivity contribution >= 4 is 60.5 Å². The van der Waals surface area contributed by atoms with E-state index in [-0.39, 0.29) is 0 Å². The summed E-state index contributed by atoms with van der Waals surface area (Å²) >= 11 is 3.55. The second-order valence-corrected chi connectivity index (χ2v) is 15.8. The van der Waals surface area contributed by atoms with Crippen LogP contribution >= 0.6 is 15.9 Å². The van der Waals surface area contributed by atoms with Crippen LogP contribution in [0.15, 0.2) is 34.9 Å². The van der Waals surface area contributed by atoms with Crippen LogP contribution in [0.25, 0.3) is 0 Å². The number of aromatic nitrogens is 2. The van der Waals surface area contributed by atoms with Gasteiger partial charge in [-0.1, -0.05) is 0 Å². The van der Waals surface area contributed by atoms with Gasteiger partial charge in [-0.25, -0.2) is 13.4 Å². The number of benzene rings is 2. The van der Waals surface area contributed by atoms with Crippen molar-refractivity contribution < 1.29 is 17.9 Å². The second-order valence-electron chi connectivity index (χ2n) is 12.9. The first kappa shape index (κ1) is 33.6. The summed E-state index contributed by atoms with van der Waals surface area (Å²) in [6.45, 7) is 7.07. The maximum Gasteiger partial charge on any atom is 0.232 e. The molecule has 2 aromatic carbocycles. The van der Waals surface area contributed by atoms with Gasteiger partial charge >= 0.3 is 0 Å². The molecule has 47 heavy (non-hydrogen) atoms. The van der Waals surface area contributed by atoms with Crippen molar-refractivity contribution in [1.29, 1.82) is 0 Å². The van der Waals surface area contributed by atoms with Crippen molar-refractivity contribution in [3.63, 3.8) is 0 Å². The fourth-order valence-electron chi connectivity index (χ4n) is 6.79. The number of anilines is 6. The molecule has 0 aliphatic carbocycles. The minimum absolute atomic E-state index is 0.360. The maximum absolute atomic E-state index is 12.5. The fraction of sp³-hybridized carbons (Fsp3) is 0.515. The number of sulfonamides is 1. The topological polar surface area (TPSA) is 115 Å². The van der Waals surface area contributed by atoms with Gasteiger partial charge in [-0.15, -0.1) is 0 Å². The standard InChI is InChI=1S/C33H45BrN8O4S/c1-21-15-27(31(45-5)18-28(21)41-11-7-23(8-12-41)42-13-9-24(20-42)39(2)3)37-33-35-19-25(34)32(38-33)36-26-17-30-22(10-14-46-30)16-29(26)40(4)47(6,43)44/h15-19,23-24H,7-14,20H2,1-6H3,(H2,35,36,37,38). The third kappa shape index (κ3) is 7.25. The number of hydrogen-bond acceptors (Lipinski definition) is 11. The summed E-state index contributed by atoms with van der Waals surface area (Å²) in [5.74, 6) is 2.25. The highest BCUT2D eigenvalue weighted by Gasteiger charge is 2.32. The molecule has 0 bridgehead atoms. The lowest BCUT2D eigenvalue weighted by Gasteiger charge is -2.38. The second kappa shape index (κ2) is 13.7. The molecule has 1 aromatic heterocycles. The molecule has 254 valence electrons. The minimum Gasteiger partial charge on any atom is -0.494 e. The molecule has 3 aliphatic heterocycles. The Morgan fingerprint density at radius 1 is 1.04 bits per heavy atom. The third-order valence-electron chi connectivity index (χ3n) is 9.65. The van der Waals surface area contributed by atoms with E-state index >= 15 is 0 Å². The van der Waals surface area contributed by atoms with E-state index in [2.05, 4.69) is 79.4 Å². The molecule has 1 atom stereocenters. The maximum atomic E-state index is 12.5. The van der Waals surface area contributed by atoms with Crippen molar-refractivity contribution in [2.75, 3.05) is 87.1 Å². The quantitative estimate of drug-likeness (QED) is 0.295. The van der Waals surface area contributed by atoms with Gasteiger partial charge in [0.25, 0.3) is 0 Å². The molecule has 3 aliphatic rings. The molecule has 0 radical (unpaired) electrons. The highest BCUT2D eigenvalue weighted by molar-refractivity contribution is 9.10. The van der Waals surface area contributed by atoms with Gasteiger partial charge in [0.15, 0.2) is 0 Å². The van der Waals surface area contributed by atoms with Crippen LogP contribution in [0.5, 0.6) is 11.5 Å². The molecule has 4 heterocycles. The number of methoxy groups -OCH3 is 1.